The molecule has 1 N–H and O–H groups in total. The first kappa shape index (κ1) is 25.0. The van der Waals surface area contributed by atoms with Crippen molar-refractivity contribution in [3.63, 3.8) is 0 Å². The van der Waals surface area contributed by atoms with Crippen molar-refractivity contribution in [1.29, 1.82) is 0 Å². The van der Waals surface area contributed by atoms with Crippen LogP contribution in [0.25, 0.3) is 22.3 Å². The predicted octanol–water partition coefficient (Wildman–Crippen LogP) is 4.03. The number of anilines is 2. The maximum Gasteiger partial charge on any atom is 0.124 e. The zero-order chi connectivity index (χ0) is 25.8. The van der Waals surface area contributed by atoms with Crippen molar-refractivity contribution >= 4 is 22.4 Å². The van der Waals surface area contributed by atoms with Gasteiger partial charge in [-0.2, -0.15) is 5.10 Å². The number of aliphatic hydroxyl groups excluding tert-OH is 1. The van der Waals surface area contributed by atoms with E-state index in [1.807, 2.05) is 37.5 Å². The molecule has 0 amide bonds. The van der Waals surface area contributed by atoms with E-state index in [4.69, 9.17) is 14.5 Å². The Bertz CT molecular complexity index is 1330. The summed E-state index contributed by atoms with van der Waals surface area (Å²) in [7, 11) is 5.22. The molecular formula is C28H34N6O3. The van der Waals surface area contributed by atoms with Crippen LogP contribution in [0, 0.1) is 0 Å². The molecule has 1 saturated heterocycles. The lowest BCUT2D eigenvalue weighted by Gasteiger charge is -2.28. The highest BCUT2D eigenvalue weighted by atomic mass is 16.5. The van der Waals surface area contributed by atoms with Crippen molar-refractivity contribution in [2.45, 2.75) is 25.3 Å². The van der Waals surface area contributed by atoms with Gasteiger partial charge in [-0.05, 0) is 44.0 Å². The summed E-state index contributed by atoms with van der Waals surface area (Å²) >= 11 is 0. The van der Waals surface area contributed by atoms with Crippen molar-refractivity contribution in [3.05, 3.63) is 55.0 Å². The van der Waals surface area contributed by atoms with Crippen LogP contribution in [-0.2, 0) is 7.05 Å². The third kappa shape index (κ3) is 5.52. The number of fused-ring (bicyclic) bond motifs is 1. The van der Waals surface area contributed by atoms with Crippen LogP contribution in [0.15, 0.2) is 55.0 Å². The minimum atomic E-state index is 0.222. The molecule has 2 aromatic carbocycles. The Morgan fingerprint density at radius 1 is 1.03 bits per heavy atom. The molecule has 194 valence electrons. The van der Waals surface area contributed by atoms with Crippen molar-refractivity contribution in [1.82, 2.24) is 24.6 Å². The summed E-state index contributed by atoms with van der Waals surface area (Å²) in [6.07, 6.45) is 8.67. The normalized spacial score (nSPS) is 15.8. The van der Waals surface area contributed by atoms with Crippen molar-refractivity contribution in [2.24, 2.45) is 7.05 Å². The standard InChI is InChI=1S/C28H34N6O3/c1-32-18-20(16-30-32)28-17-29-26-8-7-21(14-27(26)31-28)34(11-5-10-33-9-4-6-22(33)19-35)23-12-24(36-2)15-25(13-23)37-3/h7-8,12-18,22,35H,4-6,9-11,19H2,1-3H3/t22-/m0/s1. The van der Waals surface area contributed by atoms with Crippen LogP contribution >= 0.6 is 0 Å². The fraction of sp³-hybridized carbons (Fsp3) is 0.393. The summed E-state index contributed by atoms with van der Waals surface area (Å²) < 4.78 is 12.9. The largest absolute Gasteiger partial charge is 0.497 e. The molecular weight excluding hydrogens is 468 g/mol. The van der Waals surface area contributed by atoms with Crippen LogP contribution in [0.4, 0.5) is 11.4 Å². The fourth-order valence-corrected chi connectivity index (χ4v) is 5.04. The van der Waals surface area contributed by atoms with E-state index in [1.54, 1.807) is 31.3 Å². The van der Waals surface area contributed by atoms with Crippen molar-refractivity contribution in [2.75, 3.05) is 45.4 Å². The molecule has 5 rings (SSSR count). The van der Waals surface area contributed by atoms with Gasteiger partial charge in [-0.15, -0.1) is 0 Å². The molecule has 0 aliphatic carbocycles. The Morgan fingerprint density at radius 2 is 1.84 bits per heavy atom. The number of aromatic nitrogens is 4. The molecule has 1 aliphatic heterocycles. The predicted molar refractivity (Wildman–Crippen MR) is 145 cm³/mol. The molecule has 9 nitrogen and oxygen atoms in total. The summed E-state index contributed by atoms with van der Waals surface area (Å²) in [4.78, 5) is 14.2. The molecule has 1 fully saturated rings. The first-order valence-electron chi connectivity index (χ1n) is 12.7. The molecule has 9 heteroatoms. The van der Waals surface area contributed by atoms with Crippen LogP contribution in [0.2, 0.25) is 0 Å². The Hall–Kier alpha value is -3.69. The van der Waals surface area contributed by atoms with Gasteiger partial charge >= 0.3 is 0 Å². The van der Waals surface area contributed by atoms with E-state index in [0.29, 0.717) is 0 Å². The van der Waals surface area contributed by atoms with Crippen LogP contribution in [0.1, 0.15) is 19.3 Å². The molecule has 0 saturated carbocycles. The van der Waals surface area contributed by atoms with Gasteiger partial charge in [-0.25, -0.2) is 4.98 Å². The number of likely N-dealkylation sites (tertiary alicyclic amines) is 1. The highest BCUT2D eigenvalue weighted by Crippen LogP contribution is 2.34. The SMILES string of the molecule is COc1cc(OC)cc(N(CCCN2CCC[C@H]2CO)c2ccc3ncc(-c4cnn(C)c4)nc3c2)c1. The number of rotatable bonds is 10. The lowest BCUT2D eigenvalue weighted by atomic mass is 10.1. The zero-order valence-corrected chi connectivity index (χ0v) is 21.7. The molecule has 3 heterocycles. The van der Waals surface area contributed by atoms with Crippen LogP contribution < -0.4 is 14.4 Å². The van der Waals surface area contributed by atoms with E-state index in [1.165, 1.54) is 0 Å². The number of hydrogen-bond donors (Lipinski definition) is 1. The van der Waals surface area contributed by atoms with Crippen LogP contribution in [0.3, 0.4) is 0 Å². The van der Waals surface area contributed by atoms with E-state index in [9.17, 15) is 5.11 Å². The molecule has 1 atom stereocenters. The van der Waals surface area contributed by atoms with Crippen LogP contribution in [0.5, 0.6) is 11.5 Å². The number of methoxy groups -OCH3 is 2. The second-order valence-corrected chi connectivity index (χ2v) is 9.42. The summed E-state index contributed by atoms with van der Waals surface area (Å²) in [5, 5.41) is 14.0. The molecule has 1 aliphatic rings. The highest BCUT2D eigenvalue weighted by molar-refractivity contribution is 5.82. The number of ether oxygens (including phenoxy) is 2. The molecule has 0 bridgehead atoms. The van der Waals surface area contributed by atoms with E-state index < -0.39 is 0 Å². The second kappa shape index (κ2) is 11.1. The van der Waals surface area contributed by atoms with Gasteiger partial charge < -0.3 is 19.5 Å². The lowest BCUT2D eigenvalue weighted by Crippen LogP contribution is -2.34. The minimum absolute atomic E-state index is 0.222. The molecule has 4 aromatic rings. The summed E-state index contributed by atoms with van der Waals surface area (Å²) in [5.74, 6) is 1.47. The topological polar surface area (TPSA) is 88.8 Å². The third-order valence-corrected chi connectivity index (χ3v) is 7.02. The van der Waals surface area contributed by atoms with Gasteiger partial charge in [0.15, 0.2) is 0 Å². The Kier molecular flexibility index (Phi) is 7.52. The molecule has 0 spiro atoms. The van der Waals surface area contributed by atoms with Gasteiger partial charge in [-0.1, -0.05) is 0 Å². The quantitative estimate of drug-likeness (QED) is 0.348. The highest BCUT2D eigenvalue weighted by Gasteiger charge is 2.23. The van der Waals surface area contributed by atoms with Gasteiger partial charge in [-0.3, -0.25) is 14.6 Å². The van der Waals surface area contributed by atoms with E-state index in [-0.39, 0.29) is 12.6 Å². The molecule has 2 aromatic heterocycles. The summed E-state index contributed by atoms with van der Waals surface area (Å²) in [6, 6.07) is 12.4. The summed E-state index contributed by atoms with van der Waals surface area (Å²) in [5.41, 5.74) is 5.37. The van der Waals surface area contributed by atoms with Gasteiger partial charge in [0.05, 0.1) is 49.9 Å². The fourth-order valence-electron chi connectivity index (χ4n) is 5.04. The molecule has 37 heavy (non-hydrogen) atoms. The van der Waals surface area contributed by atoms with Gasteiger partial charge in [0, 0.05) is 67.5 Å². The number of aryl methyl sites for hydroxylation is 1. The van der Waals surface area contributed by atoms with E-state index in [2.05, 4.69) is 32.0 Å². The first-order valence-corrected chi connectivity index (χ1v) is 12.7. The first-order chi connectivity index (χ1) is 18.1. The molecule has 0 unspecified atom stereocenters. The molecule has 0 radical (unpaired) electrons. The monoisotopic (exact) mass is 502 g/mol. The van der Waals surface area contributed by atoms with Gasteiger partial charge in [0.25, 0.3) is 0 Å². The lowest BCUT2D eigenvalue weighted by molar-refractivity contribution is 0.158. The third-order valence-electron chi connectivity index (χ3n) is 7.02. The van der Waals surface area contributed by atoms with Crippen molar-refractivity contribution in [3.8, 4) is 22.8 Å². The Balaban J connectivity index is 1.48. The number of aliphatic hydroxyl groups is 1. The Labute approximate surface area is 217 Å². The number of benzene rings is 2. The maximum atomic E-state index is 9.73. The van der Waals surface area contributed by atoms with E-state index in [0.717, 1.165) is 84.1 Å². The number of hydrogen-bond acceptors (Lipinski definition) is 8. The minimum Gasteiger partial charge on any atom is -0.497 e. The second-order valence-electron chi connectivity index (χ2n) is 9.42. The van der Waals surface area contributed by atoms with Gasteiger partial charge in [0.1, 0.15) is 11.5 Å². The Morgan fingerprint density at radius 3 is 2.54 bits per heavy atom. The zero-order valence-electron chi connectivity index (χ0n) is 21.7. The average molecular weight is 503 g/mol. The van der Waals surface area contributed by atoms with Crippen LogP contribution in [-0.4, -0.2) is 76.3 Å². The average Bonchev–Trinajstić information content (AvgIpc) is 3.58. The smallest absolute Gasteiger partial charge is 0.124 e. The van der Waals surface area contributed by atoms with Crippen molar-refractivity contribution < 1.29 is 14.6 Å². The maximum absolute atomic E-state index is 9.73. The van der Waals surface area contributed by atoms with E-state index >= 15 is 0 Å². The number of nitrogens with zero attached hydrogens (tertiary/aromatic N) is 6. The van der Waals surface area contributed by atoms with Gasteiger partial charge in [0.2, 0.25) is 0 Å². The summed E-state index contributed by atoms with van der Waals surface area (Å²) in [6.45, 7) is 2.98.